The molecule has 1 rings (SSSR count). The molecule has 62 valence electrons. The lowest BCUT2D eigenvalue weighted by molar-refractivity contribution is 1.17. The summed E-state index contributed by atoms with van der Waals surface area (Å²) in [4.78, 5) is 3.10. The number of rotatable bonds is 2. The summed E-state index contributed by atoms with van der Waals surface area (Å²) in [7, 11) is 0. The van der Waals surface area contributed by atoms with Crippen LogP contribution >= 0.6 is 15.9 Å². The topological polar surface area (TPSA) is 15.8 Å². The highest BCUT2D eigenvalue weighted by Crippen LogP contribution is 2.14. The van der Waals surface area contributed by atoms with Gasteiger partial charge in [-0.1, -0.05) is 15.9 Å². The second-order valence-electron chi connectivity index (χ2n) is 2.52. The Morgan fingerprint density at radius 3 is 3.17 bits per heavy atom. The highest BCUT2D eigenvalue weighted by atomic mass is 79.9. The van der Waals surface area contributed by atoms with E-state index in [1.54, 1.807) is 0 Å². The van der Waals surface area contributed by atoms with Crippen molar-refractivity contribution in [2.75, 3.05) is 0 Å². The first-order chi connectivity index (χ1) is 5.74. The van der Waals surface area contributed by atoms with Crippen LogP contribution in [-0.2, 0) is 6.42 Å². The monoisotopic (exact) mass is 223 g/mol. The number of aromatic amines is 1. The lowest BCUT2D eigenvalue weighted by Gasteiger charge is -1.93. The third kappa shape index (κ3) is 2.28. The molecular formula is C10H10BrN. The molecule has 1 aromatic heterocycles. The summed E-state index contributed by atoms with van der Waals surface area (Å²) in [6, 6.07) is 2.01. The van der Waals surface area contributed by atoms with Crippen molar-refractivity contribution in [1.82, 2.24) is 4.98 Å². The molecule has 0 aliphatic rings. The summed E-state index contributed by atoms with van der Waals surface area (Å²) in [5.74, 6) is 2.61. The zero-order valence-electron chi connectivity index (χ0n) is 6.89. The Morgan fingerprint density at radius 2 is 2.58 bits per heavy atom. The van der Waals surface area contributed by atoms with E-state index < -0.39 is 0 Å². The van der Waals surface area contributed by atoms with E-state index in [0.717, 1.165) is 15.7 Å². The Kier molecular flexibility index (Phi) is 3.19. The quantitative estimate of drug-likeness (QED) is 0.743. The van der Waals surface area contributed by atoms with Gasteiger partial charge >= 0.3 is 0 Å². The zero-order chi connectivity index (χ0) is 8.97. The van der Waals surface area contributed by atoms with Gasteiger partial charge in [0.25, 0.3) is 0 Å². The molecule has 0 atom stereocenters. The summed E-state index contributed by atoms with van der Waals surface area (Å²) in [6.45, 7) is 1.99. The number of hydrogen-bond donors (Lipinski definition) is 1. The van der Waals surface area contributed by atoms with Gasteiger partial charge in [-0.3, -0.25) is 0 Å². The number of nitrogens with one attached hydrogen (secondary N) is 1. The van der Waals surface area contributed by atoms with Gasteiger partial charge in [0.2, 0.25) is 0 Å². The van der Waals surface area contributed by atoms with Crippen molar-refractivity contribution in [3.8, 4) is 12.3 Å². The van der Waals surface area contributed by atoms with Crippen LogP contribution in [0.3, 0.4) is 0 Å². The highest BCUT2D eigenvalue weighted by molar-refractivity contribution is 9.11. The molecule has 12 heavy (non-hydrogen) atoms. The Labute approximate surface area is 81.0 Å². The fraction of sp³-hybridized carbons (Fsp3) is 0.200. The van der Waals surface area contributed by atoms with E-state index in [9.17, 15) is 0 Å². The van der Waals surface area contributed by atoms with Crippen molar-refractivity contribution in [2.24, 2.45) is 0 Å². The predicted molar refractivity (Wildman–Crippen MR) is 55.9 cm³/mol. The van der Waals surface area contributed by atoms with Crippen LogP contribution in [0.4, 0.5) is 0 Å². The van der Waals surface area contributed by atoms with Crippen molar-refractivity contribution >= 4 is 22.0 Å². The largest absolute Gasteiger partial charge is 0.364 e. The Hall–Kier alpha value is -0.940. The number of halogens is 1. The maximum absolute atomic E-state index is 5.22. The summed E-state index contributed by atoms with van der Waals surface area (Å²) in [5.41, 5.74) is 2.25. The molecule has 0 radical (unpaired) electrons. The van der Waals surface area contributed by atoms with Gasteiger partial charge in [-0.2, -0.15) is 0 Å². The second kappa shape index (κ2) is 4.18. The van der Waals surface area contributed by atoms with Gasteiger partial charge in [0.15, 0.2) is 0 Å². The normalized spacial score (nSPS) is 11.2. The minimum Gasteiger partial charge on any atom is -0.364 e. The maximum atomic E-state index is 5.22. The van der Waals surface area contributed by atoms with Gasteiger partial charge in [0, 0.05) is 18.3 Å². The second-order valence-corrected chi connectivity index (χ2v) is 3.77. The molecule has 0 saturated carbocycles. The first-order valence-electron chi connectivity index (χ1n) is 3.67. The van der Waals surface area contributed by atoms with Gasteiger partial charge in [0.05, 0.1) is 0 Å². The van der Waals surface area contributed by atoms with Crippen LogP contribution in [-0.4, -0.2) is 4.98 Å². The molecule has 2 heteroatoms. The van der Waals surface area contributed by atoms with E-state index in [2.05, 4.69) is 26.8 Å². The van der Waals surface area contributed by atoms with Crippen molar-refractivity contribution in [3.63, 3.8) is 0 Å². The summed E-state index contributed by atoms with van der Waals surface area (Å²) >= 11 is 3.38. The summed E-state index contributed by atoms with van der Waals surface area (Å²) < 4.78 is 1.10. The maximum Gasteiger partial charge on any atom is 0.0495 e. The van der Waals surface area contributed by atoms with Crippen molar-refractivity contribution < 1.29 is 0 Å². The fourth-order valence-electron chi connectivity index (χ4n) is 1.02. The molecule has 0 unspecified atom stereocenters. The summed E-state index contributed by atoms with van der Waals surface area (Å²) in [5, 5.41) is 0. The van der Waals surface area contributed by atoms with Gasteiger partial charge in [-0.25, -0.2) is 0 Å². The van der Waals surface area contributed by atoms with Crippen LogP contribution in [0.2, 0.25) is 0 Å². The van der Waals surface area contributed by atoms with Crippen LogP contribution in [0.15, 0.2) is 16.7 Å². The number of H-pyrrole nitrogens is 1. The molecule has 1 N–H and O–H groups in total. The van der Waals surface area contributed by atoms with Gasteiger partial charge < -0.3 is 4.98 Å². The smallest absolute Gasteiger partial charge is 0.0495 e. The lowest BCUT2D eigenvalue weighted by Crippen LogP contribution is -1.83. The molecule has 0 aliphatic heterocycles. The summed E-state index contributed by atoms with van der Waals surface area (Å²) in [6.07, 6.45) is 9.81. The van der Waals surface area contributed by atoms with Crippen LogP contribution in [0.25, 0.3) is 6.08 Å². The SMILES string of the molecule is C#CCc1[nH]ccc1/C=C(\C)Br. The van der Waals surface area contributed by atoms with E-state index >= 15 is 0 Å². The van der Waals surface area contributed by atoms with E-state index in [1.807, 2.05) is 25.3 Å². The van der Waals surface area contributed by atoms with Crippen LogP contribution in [0.1, 0.15) is 18.2 Å². The van der Waals surface area contributed by atoms with E-state index in [1.165, 1.54) is 0 Å². The third-order valence-electron chi connectivity index (χ3n) is 1.50. The predicted octanol–water partition coefficient (Wildman–Crippen LogP) is 2.95. The number of terminal acetylenes is 1. The minimum atomic E-state index is 0.652. The molecule has 1 nitrogen and oxygen atoms in total. The Bertz CT molecular complexity index is 324. The van der Waals surface area contributed by atoms with Gasteiger partial charge in [0.1, 0.15) is 0 Å². The molecule has 1 aromatic rings. The Balaban J connectivity index is 2.93. The number of aromatic nitrogens is 1. The molecule has 0 bridgehead atoms. The van der Waals surface area contributed by atoms with Crippen LogP contribution in [0, 0.1) is 12.3 Å². The Morgan fingerprint density at radius 1 is 1.83 bits per heavy atom. The van der Waals surface area contributed by atoms with E-state index in [0.29, 0.717) is 6.42 Å². The first kappa shape index (κ1) is 9.15. The van der Waals surface area contributed by atoms with Crippen molar-refractivity contribution in [3.05, 3.63) is 28.0 Å². The molecule has 1 heterocycles. The number of allylic oxidation sites excluding steroid dienone is 1. The lowest BCUT2D eigenvalue weighted by atomic mass is 10.2. The highest BCUT2D eigenvalue weighted by Gasteiger charge is 1.98. The van der Waals surface area contributed by atoms with Crippen molar-refractivity contribution in [1.29, 1.82) is 0 Å². The molecule has 0 spiro atoms. The molecule has 0 amide bonds. The van der Waals surface area contributed by atoms with Crippen LogP contribution < -0.4 is 0 Å². The average Bonchev–Trinajstić information content (AvgIpc) is 2.37. The molecule has 0 aromatic carbocycles. The molecular weight excluding hydrogens is 214 g/mol. The standard InChI is InChI=1S/C10H10BrN/c1-3-4-10-9(5-6-12-10)7-8(2)11/h1,5-7,12H,4H2,2H3/b8-7+. The van der Waals surface area contributed by atoms with E-state index in [4.69, 9.17) is 6.42 Å². The van der Waals surface area contributed by atoms with Crippen molar-refractivity contribution in [2.45, 2.75) is 13.3 Å². The number of hydrogen-bond acceptors (Lipinski definition) is 0. The molecule has 0 fully saturated rings. The molecule has 0 aliphatic carbocycles. The minimum absolute atomic E-state index is 0.652. The third-order valence-corrected chi connectivity index (χ3v) is 1.73. The average molecular weight is 224 g/mol. The first-order valence-corrected chi connectivity index (χ1v) is 4.47. The fourth-order valence-corrected chi connectivity index (χ4v) is 1.27. The van der Waals surface area contributed by atoms with Gasteiger partial charge in [-0.05, 0) is 29.1 Å². The zero-order valence-corrected chi connectivity index (χ0v) is 8.48. The van der Waals surface area contributed by atoms with E-state index in [-0.39, 0.29) is 0 Å². The van der Waals surface area contributed by atoms with Crippen LogP contribution in [0.5, 0.6) is 0 Å². The molecule has 0 saturated heterocycles. The van der Waals surface area contributed by atoms with Gasteiger partial charge in [-0.15, -0.1) is 12.3 Å².